The molecule has 1 heterocycles. The molecule has 2 aliphatic carbocycles. The van der Waals surface area contributed by atoms with Gasteiger partial charge < -0.3 is 19.3 Å². The molecule has 8 heteroatoms. The molecule has 2 saturated carbocycles. The number of halogens is 2. The number of carbonyl (C=O) groups excluding carboxylic acids is 2. The molecule has 2 aromatic rings. The summed E-state index contributed by atoms with van der Waals surface area (Å²) in [6.45, 7) is 4.43. The van der Waals surface area contributed by atoms with Crippen LogP contribution in [-0.2, 0) is 26.2 Å². The second kappa shape index (κ2) is 10.9. The fourth-order valence-electron chi connectivity index (χ4n) is 7.29. The summed E-state index contributed by atoms with van der Waals surface area (Å²) in [5, 5.41) is 4.21. The van der Waals surface area contributed by atoms with Crippen molar-refractivity contribution in [2.75, 3.05) is 33.8 Å². The molecule has 0 aromatic heterocycles. The van der Waals surface area contributed by atoms with Gasteiger partial charge in [-0.1, -0.05) is 41.4 Å². The van der Waals surface area contributed by atoms with Crippen LogP contribution in [0.4, 0.5) is 0 Å². The normalized spacial score (nSPS) is 30.2. The van der Waals surface area contributed by atoms with Gasteiger partial charge in [-0.15, -0.1) is 0 Å². The number of piperidine rings is 1. The number of benzene rings is 2. The predicted octanol–water partition coefficient (Wildman–Crippen LogP) is 5.71. The first kappa shape index (κ1) is 28.3. The molecule has 1 unspecified atom stereocenters. The van der Waals surface area contributed by atoms with Gasteiger partial charge in [0.2, 0.25) is 5.91 Å². The van der Waals surface area contributed by atoms with Crippen molar-refractivity contribution in [1.29, 1.82) is 0 Å². The number of likely N-dealkylation sites (tertiary alicyclic amines) is 1. The smallest absolute Gasteiger partial charge is 0.303 e. The third-order valence-corrected chi connectivity index (χ3v) is 9.89. The Kier molecular flexibility index (Phi) is 7.93. The van der Waals surface area contributed by atoms with E-state index in [2.05, 4.69) is 24.5 Å². The minimum atomic E-state index is -0.655. The Morgan fingerprint density at radius 3 is 2.56 bits per heavy atom. The number of fused-ring (bicyclic) bond motifs is 1. The first-order valence-electron chi connectivity index (χ1n) is 14.0. The van der Waals surface area contributed by atoms with Gasteiger partial charge in [-0.2, -0.15) is 0 Å². The maximum atomic E-state index is 13.2. The summed E-state index contributed by atoms with van der Waals surface area (Å²) >= 11 is 12.2. The number of hydrogen-bond acceptors (Lipinski definition) is 4. The van der Waals surface area contributed by atoms with Crippen LogP contribution in [-0.4, -0.2) is 61.8 Å². The van der Waals surface area contributed by atoms with E-state index in [1.165, 1.54) is 19.8 Å². The zero-order valence-corrected chi connectivity index (χ0v) is 24.6. The van der Waals surface area contributed by atoms with Crippen LogP contribution >= 0.6 is 23.2 Å². The zero-order chi connectivity index (χ0) is 27.8. The number of hydrogen-bond donors (Lipinski definition) is 1. The molecule has 210 valence electrons. The summed E-state index contributed by atoms with van der Waals surface area (Å²) in [6, 6.07) is 13.4. The van der Waals surface area contributed by atoms with Gasteiger partial charge in [0.15, 0.2) is 5.60 Å². The zero-order valence-electron chi connectivity index (χ0n) is 23.1. The van der Waals surface area contributed by atoms with Gasteiger partial charge in [0.1, 0.15) is 12.3 Å². The summed E-state index contributed by atoms with van der Waals surface area (Å²) in [5.41, 5.74) is 0.844. The molecule has 0 bridgehead atoms. The van der Waals surface area contributed by atoms with E-state index in [9.17, 15) is 9.59 Å². The Bertz CT molecular complexity index is 1250. The van der Waals surface area contributed by atoms with Crippen LogP contribution in [0.15, 0.2) is 42.5 Å². The maximum Gasteiger partial charge on any atom is 0.303 e. The van der Waals surface area contributed by atoms with Gasteiger partial charge in [0.25, 0.3) is 0 Å². The van der Waals surface area contributed by atoms with Crippen LogP contribution in [0.2, 0.25) is 10.0 Å². The van der Waals surface area contributed by atoms with Gasteiger partial charge in [-0.3, -0.25) is 9.59 Å². The summed E-state index contributed by atoms with van der Waals surface area (Å²) in [4.78, 5) is 25.8. The molecule has 0 spiro atoms. The van der Waals surface area contributed by atoms with E-state index in [0.717, 1.165) is 59.8 Å². The van der Waals surface area contributed by atoms with E-state index in [-0.39, 0.29) is 24.3 Å². The van der Waals surface area contributed by atoms with Crippen LogP contribution in [0.3, 0.4) is 0 Å². The summed E-state index contributed by atoms with van der Waals surface area (Å²) in [6.07, 6.45) is 5.82. The Morgan fingerprint density at radius 1 is 1.08 bits per heavy atom. The molecule has 0 radical (unpaired) electrons. The van der Waals surface area contributed by atoms with Crippen LogP contribution in [0.25, 0.3) is 0 Å². The number of esters is 1. The molecule has 6 nitrogen and oxygen atoms in total. The molecule has 39 heavy (non-hydrogen) atoms. The van der Waals surface area contributed by atoms with E-state index in [1.54, 1.807) is 19.2 Å². The molecule has 4 atom stereocenters. The Morgan fingerprint density at radius 2 is 1.87 bits per heavy atom. The van der Waals surface area contributed by atoms with Crippen molar-refractivity contribution in [3.63, 3.8) is 0 Å². The Labute approximate surface area is 241 Å². The third kappa shape index (κ3) is 5.94. The Hall–Kier alpha value is -2.28. The molecule has 1 saturated heterocycles. The fraction of sp³-hybridized carbons (Fsp3) is 0.548. The highest BCUT2D eigenvalue weighted by Crippen LogP contribution is 2.55. The monoisotopic (exact) mass is 573 g/mol. The number of rotatable bonds is 8. The topological polar surface area (TPSA) is 64.6 Å². The van der Waals surface area contributed by atoms with Gasteiger partial charge in [0, 0.05) is 30.7 Å². The van der Waals surface area contributed by atoms with Gasteiger partial charge >= 0.3 is 5.97 Å². The lowest BCUT2D eigenvalue weighted by Gasteiger charge is -2.60. The molecule has 1 amide bonds. The first-order valence-corrected chi connectivity index (χ1v) is 14.7. The lowest BCUT2D eigenvalue weighted by molar-refractivity contribution is -0.924. The largest absolute Gasteiger partial charge is 0.497 e. The number of amides is 1. The molecule has 3 fully saturated rings. The minimum Gasteiger partial charge on any atom is -0.497 e. The molecule has 1 N–H and O–H groups in total. The number of likely N-dealkylation sites (N-methyl/N-ethyl adjacent to an activating group) is 1. The Balaban J connectivity index is 1.46. The predicted molar refractivity (Wildman–Crippen MR) is 153 cm³/mol. The number of nitrogens with one attached hydrogen (secondary N) is 1. The number of methoxy groups -OCH3 is 1. The van der Waals surface area contributed by atoms with Gasteiger partial charge in [-0.05, 0) is 67.5 Å². The number of carbonyl (C=O) groups is 2. The average molecular weight is 575 g/mol. The van der Waals surface area contributed by atoms with E-state index >= 15 is 0 Å². The molecule has 5 rings (SSSR count). The van der Waals surface area contributed by atoms with E-state index in [0.29, 0.717) is 22.9 Å². The standard InChI is InChI=1S/C31H38Cl2N2O4/c1-21(36)39-31-12-11-25(34-29(37)16-23-9-10-27(32)28(33)15-23)18-30(31,24-5-4-6-26(17-24)38-3)13-14-35(2,20-31)19-22-7-8-22/h4-6,9-10,15,17,22,25H,7-8,11-14,16,18-20H2,1-3H3/p+1/t25-,30-,31?,35+/m0/s1. The highest BCUT2D eigenvalue weighted by molar-refractivity contribution is 6.42. The van der Waals surface area contributed by atoms with E-state index < -0.39 is 11.0 Å². The van der Waals surface area contributed by atoms with Crippen molar-refractivity contribution in [3.8, 4) is 5.75 Å². The summed E-state index contributed by atoms with van der Waals surface area (Å²) < 4.78 is 13.0. The summed E-state index contributed by atoms with van der Waals surface area (Å²) in [5.74, 6) is 1.25. The minimum absolute atomic E-state index is 0.0459. The lowest BCUT2D eigenvalue weighted by atomic mass is 9.54. The molecule has 3 aliphatic rings. The van der Waals surface area contributed by atoms with Crippen LogP contribution < -0.4 is 10.1 Å². The summed E-state index contributed by atoms with van der Waals surface area (Å²) in [7, 11) is 4.00. The van der Waals surface area contributed by atoms with Crippen molar-refractivity contribution in [1.82, 2.24) is 5.32 Å². The average Bonchev–Trinajstić information content (AvgIpc) is 3.69. The van der Waals surface area contributed by atoms with Crippen molar-refractivity contribution < 1.29 is 23.5 Å². The SMILES string of the molecule is COc1cccc([C@@]23CC[N@+](C)(CC4CC4)CC2(OC(C)=O)CC[C@H](NC(=O)Cc2ccc(Cl)c(Cl)c2)C3)c1. The number of quaternary nitrogens is 1. The number of nitrogens with zero attached hydrogens (tertiary/aromatic N) is 1. The van der Waals surface area contributed by atoms with Gasteiger partial charge in [-0.25, -0.2) is 0 Å². The number of ether oxygens (including phenoxy) is 2. The molecule has 2 aromatic carbocycles. The van der Waals surface area contributed by atoms with Crippen LogP contribution in [0.5, 0.6) is 5.75 Å². The van der Waals surface area contributed by atoms with E-state index in [4.69, 9.17) is 32.7 Å². The highest BCUT2D eigenvalue weighted by Gasteiger charge is 2.64. The third-order valence-electron chi connectivity index (χ3n) is 9.15. The van der Waals surface area contributed by atoms with Crippen molar-refractivity contribution >= 4 is 35.1 Å². The van der Waals surface area contributed by atoms with Crippen LogP contribution in [0, 0.1) is 5.92 Å². The highest BCUT2D eigenvalue weighted by atomic mass is 35.5. The first-order chi connectivity index (χ1) is 18.6. The van der Waals surface area contributed by atoms with Crippen molar-refractivity contribution in [2.24, 2.45) is 5.92 Å². The quantitative estimate of drug-likeness (QED) is 0.324. The lowest BCUT2D eigenvalue weighted by Crippen LogP contribution is -2.72. The van der Waals surface area contributed by atoms with Crippen molar-refractivity contribution in [2.45, 2.75) is 68.9 Å². The van der Waals surface area contributed by atoms with Crippen molar-refractivity contribution in [3.05, 3.63) is 63.6 Å². The van der Waals surface area contributed by atoms with Gasteiger partial charge in [0.05, 0.1) is 43.7 Å². The second-order valence-corrected chi connectivity index (χ2v) is 13.0. The molecular formula is C31H39Cl2N2O4+. The fourth-order valence-corrected chi connectivity index (χ4v) is 7.61. The molecule has 1 aliphatic heterocycles. The van der Waals surface area contributed by atoms with E-state index in [1.807, 2.05) is 18.2 Å². The second-order valence-electron chi connectivity index (χ2n) is 12.2. The van der Waals surface area contributed by atoms with Crippen LogP contribution in [0.1, 0.15) is 56.6 Å². The maximum absolute atomic E-state index is 13.2. The molecular weight excluding hydrogens is 535 g/mol.